The predicted octanol–water partition coefficient (Wildman–Crippen LogP) is 2.31. The molecule has 0 bridgehead atoms. The maximum absolute atomic E-state index is 10.5. The van der Waals surface area contributed by atoms with Gasteiger partial charge in [0.2, 0.25) is 5.12 Å². The lowest BCUT2D eigenvalue weighted by atomic mass is 10.1. The Hall–Kier alpha value is -0.370. The summed E-state index contributed by atoms with van der Waals surface area (Å²) in [6.45, 7) is 7.40. The lowest BCUT2D eigenvalue weighted by Gasteiger charge is -2.02. The molecular formula is C7H11OS. The molecule has 51 valence electrons. The minimum atomic E-state index is -0.169. The lowest BCUT2D eigenvalue weighted by molar-refractivity contribution is -0.113. The van der Waals surface area contributed by atoms with E-state index in [-0.39, 0.29) is 11.0 Å². The second-order valence-corrected chi connectivity index (χ2v) is 2.78. The summed E-state index contributed by atoms with van der Waals surface area (Å²) in [5.41, 5.74) is 1.01. The lowest BCUT2D eigenvalue weighted by Crippen LogP contribution is -2.03. The fraction of sp³-hybridized carbons (Fsp3) is 0.571. The molecule has 0 heterocycles. The molecule has 1 nitrogen and oxygen atoms in total. The van der Waals surface area contributed by atoms with Crippen molar-refractivity contribution in [2.45, 2.75) is 20.3 Å². The number of allylic oxidation sites excluding steroid dienone is 1. The maximum Gasteiger partial charge on any atom is 0.221 e. The summed E-state index contributed by atoms with van der Waals surface area (Å²) in [5.74, 6) is -0.0301. The Morgan fingerprint density at radius 3 is 2.33 bits per heavy atom. The van der Waals surface area contributed by atoms with Crippen LogP contribution in [0, 0.1) is 5.92 Å². The molecule has 0 N–H and O–H groups in total. The molecule has 0 aromatic rings. The molecule has 1 atom stereocenters. The van der Waals surface area contributed by atoms with E-state index in [9.17, 15) is 4.79 Å². The molecule has 0 aliphatic rings. The van der Waals surface area contributed by atoms with E-state index >= 15 is 0 Å². The third kappa shape index (κ3) is 4.15. The Morgan fingerprint density at radius 1 is 1.78 bits per heavy atom. The Labute approximate surface area is 61.6 Å². The Bertz CT molecular complexity index is 129. The first kappa shape index (κ1) is 8.63. The van der Waals surface area contributed by atoms with Gasteiger partial charge in [-0.1, -0.05) is 12.5 Å². The molecule has 0 aliphatic carbocycles. The van der Waals surface area contributed by atoms with Gasteiger partial charge in [0.15, 0.2) is 0 Å². The number of rotatable bonds is 3. The van der Waals surface area contributed by atoms with Gasteiger partial charge >= 0.3 is 0 Å². The number of carbonyl (C=O) groups excluding carboxylic acids is 1. The summed E-state index contributed by atoms with van der Waals surface area (Å²) in [5, 5.41) is -0.169. The van der Waals surface area contributed by atoms with E-state index in [4.69, 9.17) is 0 Å². The smallest absolute Gasteiger partial charge is 0.221 e. The van der Waals surface area contributed by atoms with E-state index in [0.717, 1.165) is 12.0 Å². The zero-order valence-electron chi connectivity index (χ0n) is 5.81. The maximum atomic E-state index is 10.5. The average Bonchev–Trinajstić information content (AvgIpc) is 1.63. The van der Waals surface area contributed by atoms with E-state index in [1.807, 2.05) is 13.8 Å². The van der Waals surface area contributed by atoms with Crippen LogP contribution >= 0.6 is 12.6 Å². The molecule has 0 aromatic heterocycles. The normalized spacial score (nSPS) is 12.7. The largest absolute Gasteiger partial charge is 0.282 e. The summed E-state index contributed by atoms with van der Waals surface area (Å²) in [6, 6.07) is 0. The van der Waals surface area contributed by atoms with Crippen molar-refractivity contribution in [3.05, 3.63) is 12.2 Å². The fourth-order valence-corrected chi connectivity index (χ4v) is 0.689. The van der Waals surface area contributed by atoms with Crippen molar-refractivity contribution in [2.24, 2.45) is 5.92 Å². The summed E-state index contributed by atoms with van der Waals surface area (Å²) < 4.78 is 0. The molecule has 0 fully saturated rings. The summed E-state index contributed by atoms with van der Waals surface area (Å²) >= 11 is 4.44. The van der Waals surface area contributed by atoms with Crippen LogP contribution in [0.4, 0.5) is 0 Å². The zero-order valence-corrected chi connectivity index (χ0v) is 6.62. The van der Waals surface area contributed by atoms with Gasteiger partial charge in [-0.15, -0.1) is 6.58 Å². The molecule has 0 saturated carbocycles. The monoisotopic (exact) mass is 143 g/mol. The Morgan fingerprint density at radius 2 is 2.22 bits per heavy atom. The van der Waals surface area contributed by atoms with Crippen molar-refractivity contribution in [3.8, 4) is 0 Å². The first-order valence-corrected chi connectivity index (χ1v) is 3.30. The molecule has 2 heteroatoms. The number of carbonyl (C=O) groups is 1. The van der Waals surface area contributed by atoms with Gasteiger partial charge in [-0.05, 0) is 26.0 Å². The van der Waals surface area contributed by atoms with Crippen molar-refractivity contribution < 1.29 is 4.79 Å². The quantitative estimate of drug-likeness (QED) is 0.554. The molecule has 0 aromatic carbocycles. The van der Waals surface area contributed by atoms with Crippen molar-refractivity contribution >= 4 is 17.7 Å². The highest BCUT2D eigenvalue weighted by Gasteiger charge is 2.08. The van der Waals surface area contributed by atoms with Gasteiger partial charge in [-0.3, -0.25) is 4.79 Å². The van der Waals surface area contributed by atoms with Crippen LogP contribution in [0.5, 0.6) is 0 Å². The van der Waals surface area contributed by atoms with E-state index in [2.05, 4.69) is 19.2 Å². The highest BCUT2D eigenvalue weighted by atomic mass is 32.1. The van der Waals surface area contributed by atoms with Crippen LogP contribution in [0.25, 0.3) is 0 Å². The van der Waals surface area contributed by atoms with Gasteiger partial charge in [0, 0.05) is 5.92 Å². The van der Waals surface area contributed by atoms with Crippen LogP contribution in [0.3, 0.4) is 0 Å². The highest BCUT2D eigenvalue weighted by molar-refractivity contribution is 7.96. The average molecular weight is 143 g/mol. The van der Waals surface area contributed by atoms with Crippen LogP contribution in [-0.4, -0.2) is 5.12 Å². The van der Waals surface area contributed by atoms with E-state index in [1.165, 1.54) is 0 Å². The molecule has 0 spiro atoms. The first-order chi connectivity index (χ1) is 4.04. The molecule has 1 unspecified atom stereocenters. The van der Waals surface area contributed by atoms with Crippen LogP contribution < -0.4 is 0 Å². The SMILES string of the molecule is C=C(C)CC(C)C(=O)[S]. The van der Waals surface area contributed by atoms with Crippen molar-refractivity contribution in [3.63, 3.8) is 0 Å². The fourth-order valence-electron chi connectivity index (χ4n) is 0.606. The van der Waals surface area contributed by atoms with Crippen LogP contribution in [0.15, 0.2) is 12.2 Å². The predicted molar refractivity (Wildman–Crippen MR) is 41.2 cm³/mol. The molecule has 0 rings (SSSR count). The van der Waals surface area contributed by atoms with Crippen LogP contribution in [0.2, 0.25) is 0 Å². The third-order valence-corrected chi connectivity index (χ3v) is 1.46. The minimum absolute atomic E-state index is 0.0301. The molecule has 0 aliphatic heterocycles. The van der Waals surface area contributed by atoms with Crippen molar-refractivity contribution in [1.82, 2.24) is 0 Å². The van der Waals surface area contributed by atoms with Crippen LogP contribution in [0.1, 0.15) is 20.3 Å². The van der Waals surface area contributed by atoms with Gasteiger partial charge in [0.05, 0.1) is 0 Å². The first-order valence-electron chi connectivity index (χ1n) is 2.89. The van der Waals surface area contributed by atoms with Gasteiger partial charge in [0.1, 0.15) is 0 Å². The summed E-state index contributed by atoms with van der Waals surface area (Å²) in [7, 11) is 0. The summed E-state index contributed by atoms with van der Waals surface area (Å²) in [6.07, 6.45) is 0.725. The van der Waals surface area contributed by atoms with Crippen molar-refractivity contribution in [1.29, 1.82) is 0 Å². The molecule has 1 radical (unpaired) electrons. The topological polar surface area (TPSA) is 17.1 Å². The van der Waals surface area contributed by atoms with Gasteiger partial charge in [-0.2, -0.15) is 0 Å². The van der Waals surface area contributed by atoms with E-state index < -0.39 is 0 Å². The zero-order chi connectivity index (χ0) is 7.44. The summed E-state index contributed by atoms with van der Waals surface area (Å²) in [4.78, 5) is 10.5. The molecule has 9 heavy (non-hydrogen) atoms. The number of hydrogen-bond donors (Lipinski definition) is 0. The van der Waals surface area contributed by atoms with Crippen molar-refractivity contribution in [2.75, 3.05) is 0 Å². The molecule has 0 saturated heterocycles. The van der Waals surface area contributed by atoms with E-state index in [0.29, 0.717) is 0 Å². The molecule has 0 amide bonds. The van der Waals surface area contributed by atoms with E-state index in [1.54, 1.807) is 0 Å². The standard InChI is InChI=1S/C7H11OS/c1-5(2)4-6(3)7(8)9/h6H,1,4H2,2-3H3. The van der Waals surface area contributed by atoms with Gasteiger partial charge in [0.25, 0.3) is 0 Å². The number of hydrogen-bond acceptors (Lipinski definition) is 1. The molecular weight excluding hydrogens is 132 g/mol. The third-order valence-electron chi connectivity index (χ3n) is 1.06. The van der Waals surface area contributed by atoms with Gasteiger partial charge < -0.3 is 0 Å². The Kier molecular flexibility index (Phi) is 3.47. The van der Waals surface area contributed by atoms with Gasteiger partial charge in [-0.25, -0.2) is 0 Å². The minimum Gasteiger partial charge on any atom is -0.282 e. The second-order valence-electron chi connectivity index (χ2n) is 2.38. The van der Waals surface area contributed by atoms with Crippen LogP contribution in [-0.2, 0) is 4.79 Å². The highest BCUT2D eigenvalue weighted by Crippen LogP contribution is 2.10. The second kappa shape index (κ2) is 3.62. The Balaban J connectivity index is 3.63.